The summed E-state index contributed by atoms with van der Waals surface area (Å²) in [5.41, 5.74) is 0.695. The molecule has 1 aromatic rings. The van der Waals surface area contributed by atoms with Gasteiger partial charge in [0.15, 0.2) is 10.4 Å². The number of hydrogen-bond acceptors (Lipinski definition) is 5. The molecule has 0 aliphatic heterocycles. The topological polar surface area (TPSA) is 51.7 Å². The highest BCUT2D eigenvalue weighted by atomic mass is 32.2. The summed E-state index contributed by atoms with van der Waals surface area (Å²) in [4.78, 5) is 4.47. The van der Waals surface area contributed by atoms with Crippen LogP contribution >= 0.6 is 23.1 Å². The van der Waals surface area contributed by atoms with Crippen molar-refractivity contribution in [3.05, 3.63) is 12.7 Å². The van der Waals surface area contributed by atoms with Crippen molar-refractivity contribution in [2.24, 2.45) is 0 Å². The van der Waals surface area contributed by atoms with Crippen molar-refractivity contribution in [3.8, 4) is 6.07 Å². The Morgan fingerprint density at radius 3 is 2.89 bits per heavy atom. The van der Waals surface area contributed by atoms with E-state index in [2.05, 4.69) is 22.9 Å². The standard InChI is InChI=1S/C12H17N4S2/c1-5-7-9(8-13)16(6-2)11-10(14-3)15-12(17-4)18-11/h5,14H,1,6-7H2,2-4H3/q+1. The fraction of sp³-hybridized carbons (Fsp3) is 0.417. The molecule has 0 amide bonds. The van der Waals surface area contributed by atoms with E-state index in [-0.39, 0.29) is 0 Å². The summed E-state index contributed by atoms with van der Waals surface area (Å²) in [6, 6.07) is 2.25. The van der Waals surface area contributed by atoms with Crippen LogP contribution < -0.4 is 5.32 Å². The van der Waals surface area contributed by atoms with E-state index < -0.39 is 0 Å². The average Bonchev–Trinajstić information content (AvgIpc) is 2.81. The zero-order valence-electron chi connectivity index (χ0n) is 10.9. The van der Waals surface area contributed by atoms with Crippen molar-refractivity contribution in [1.29, 1.82) is 5.26 Å². The number of anilines is 1. The van der Waals surface area contributed by atoms with Crippen LogP contribution in [0.4, 0.5) is 10.8 Å². The highest BCUT2D eigenvalue weighted by Crippen LogP contribution is 2.36. The summed E-state index contributed by atoms with van der Waals surface area (Å²) in [6.07, 6.45) is 4.31. The molecular weight excluding hydrogens is 264 g/mol. The van der Waals surface area contributed by atoms with Crippen molar-refractivity contribution in [1.82, 2.24) is 4.98 Å². The average molecular weight is 281 g/mol. The van der Waals surface area contributed by atoms with Gasteiger partial charge >= 0.3 is 5.00 Å². The Bertz CT molecular complexity index is 497. The van der Waals surface area contributed by atoms with Crippen LogP contribution in [0.2, 0.25) is 0 Å². The molecule has 6 heteroatoms. The van der Waals surface area contributed by atoms with Gasteiger partial charge in [-0.25, -0.2) is 4.98 Å². The summed E-state index contributed by atoms with van der Waals surface area (Å²) < 4.78 is 2.98. The largest absolute Gasteiger partial charge is 0.367 e. The minimum absolute atomic E-state index is 0.569. The number of hydrogen-bond donors (Lipinski definition) is 1. The number of thioether (sulfide) groups is 1. The molecular formula is C12H17N4S2+. The van der Waals surface area contributed by atoms with Gasteiger partial charge in [-0.3, -0.25) is 0 Å². The maximum Gasteiger partial charge on any atom is 0.307 e. The Labute approximate surface area is 116 Å². The van der Waals surface area contributed by atoms with E-state index in [0.717, 1.165) is 21.7 Å². The minimum atomic E-state index is 0.569. The molecule has 4 nitrogen and oxygen atoms in total. The fourth-order valence-electron chi connectivity index (χ4n) is 1.54. The Balaban J connectivity index is 3.35. The second-order valence-corrected chi connectivity index (χ2v) is 5.41. The van der Waals surface area contributed by atoms with Crippen LogP contribution in [0.1, 0.15) is 13.3 Å². The first-order chi connectivity index (χ1) is 8.71. The number of nitrogens with zero attached hydrogens (tertiary/aromatic N) is 3. The lowest BCUT2D eigenvalue weighted by Gasteiger charge is -2.01. The smallest absolute Gasteiger partial charge is 0.307 e. The summed E-state index contributed by atoms with van der Waals surface area (Å²) >= 11 is 3.20. The third kappa shape index (κ3) is 3.12. The monoisotopic (exact) mass is 281 g/mol. The second kappa shape index (κ2) is 7.19. The number of allylic oxidation sites excluding steroid dienone is 1. The Kier molecular flexibility index (Phi) is 5.89. The molecule has 96 valence electrons. The highest BCUT2D eigenvalue weighted by Gasteiger charge is 2.23. The van der Waals surface area contributed by atoms with Crippen LogP contribution in [0.25, 0.3) is 0 Å². The Morgan fingerprint density at radius 2 is 2.44 bits per heavy atom. The van der Waals surface area contributed by atoms with Crippen molar-refractivity contribution in [2.75, 3.05) is 25.2 Å². The molecule has 0 saturated carbocycles. The maximum atomic E-state index is 9.23. The molecule has 0 fully saturated rings. The predicted molar refractivity (Wildman–Crippen MR) is 79.3 cm³/mol. The molecule has 0 spiro atoms. The zero-order valence-corrected chi connectivity index (χ0v) is 12.5. The summed E-state index contributed by atoms with van der Waals surface area (Å²) in [6.45, 7) is 6.46. The Morgan fingerprint density at radius 1 is 1.72 bits per heavy atom. The van der Waals surface area contributed by atoms with E-state index in [1.54, 1.807) is 29.2 Å². The zero-order chi connectivity index (χ0) is 13.5. The number of rotatable bonds is 6. The van der Waals surface area contributed by atoms with E-state index in [9.17, 15) is 5.26 Å². The van der Waals surface area contributed by atoms with Crippen LogP contribution in [-0.4, -0.2) is 35.1 Å². The lowest BCUT2D eigenvalue weighted by atomic mass is 10.3. The van der Waals surface area contributed by atoms with Gasteiger partial charge in [0, 0.05) is 7.05 Å². The Hall–Kier alpha value is -1.32. The minimum Gasteiger partial charge on any atom is -0.367 e. The first-order valence-electron chi connectivity index (χ1n) is 5.58. The van der Waals surface area contributed by atoms with Crippen LogP contribution in [0, 0.1) is 11.3 Å². The number of aromatic nitrogens is 1. The molecule has 1 aromatic heterocycles. The van der Waals surface area contributed by atoms with Crippen LogP contribution in [0.15, 0.2) is 17.0 Å². The fourth-order valence-corrected chi connectivity index (χ4v) is 3.18. The molecule has 0 unspecified atom stereocenters. The van der Waals surface area contributed by atoms with Gasteiger partial charge in [-0.15, -0.1) is 6.58 Å². The van der Waals surface area contributed by atoms with E-state index in [1.807, 2.05) is 24.8 Å². The first-order valence-corrected chi connectivity index (χ1v) is 7.62. The molecule has 1 N–H and O–H groups in total. The third-order valence-corrected chi connectivity index (χ3v) is 4.42. The van der Waals surface area contributed by atoms with Gasteiger partial charge in [0.1, 0.15) is 6.54 Å². The van der Waals surface area contributed by atoms with Gasteiger partial charge in [-0.2, -0.15) is 9.84 Å². The van der Waals surface area contributed by atoms with E-state index in [0.29, 0.717) is 12.1 Å². The molecule has 1 rings (SSSR count). The van der Waals surface area contributed by atoms with Gasteiger partial charge in [-0.1, -0.05) is 17.8 Å². The van der Waals surface area contributed by atoms with Gasteiger partial charge in [0.2, 0.25) is 5.82 Å². The SMILES string of the molecule is C=CCC(C#N)=[N+](CC)c1sc(SC)nc1NC. The number of thiazole rings is 1. The van der Waals surface area contributed by atoms with Gasteiger partial charge < -0.3 is 5.32 Å². The maximum absolute atomic E-state index is 9.23. The van der Waals surface area contributed by atoms with E-state index in [4.69, 9.17) is 0 Å². The van der Waals surface area contributed by atoms with Crippen molar-refractivity contribution >= 4 is 39.6 Å². The number of nitrogens with one attached hydrogen (secondary N) is 1. The molecule has 1 heterocycles. The summed E-state index contributed by atoms with van der Waals surface area (Å²) in [5.74, 6) is 0.822. The van der Waals surface area contributed by atoms with Crippen molar-refractivity contribution in [2.45, 2.75) is 17.7 Å². The molecule has 0 aliphatic carbocycles. The van der Waals surface area contributed by atoms with Gasteiger partial charge in [0.25, 0.3) is 5.71 Å². The molecule has 18 heavy (non-hydrogen) atoms. The summed E-state index contributed by atoms with van der Waals surface area (Å²) in [5, 5.41) is 13.3. The van der Waals surface area contributed by atoms with Crippen LogP contribution in [0.5, 0.6) is 0 Å². The lowest BCUT2D eigenvalue weighted by molar-refractivity contribution is -0.431. The van der Waals surface area contributed by atoms with E-state index >= 15 is 0 Å². The van der Waals surface area contributed by atoms with Crippen molar-refractivity contribution in [3.63, 3.8) is 0 Å². The quantitative estimate of drug-likeness (QED) is 0.377. The highest BCUT2D eigenvalue weighted by molar-refractivity contribution is 8.00. The molecule has 0 radical (unpaired) electrons. The van der Waals surface area contributed by atoms with E-state index in [1.165, 1.54) is 0 Å². The molecule has 0 saturated heterocycles. The predicted octanol–water partition coefficient (Wildman–Crippen LogP) is 3.11. The molecule has 0 bridgehead atoms. The molecule has 0 aliphatic rings. The molecule has 0 aromatic carbocycles. The van der Waals surface area contributed by atoms with Gasteiger partial charge in [-0.05, 0) is 24.5 Å². The second-order valence-electron chi connectivity index (χ2n) is 3.38. The normalized spacial score (nSPS) is 11.7. The summed E-state index contributed by atoms with van der Waals surface area (Å²) in [7, 11) is 1.84. The van der Waals surface area contributed by atoms with Crippen molar-refractivity contribution < 1.29 is 4.58 Å². The first kappa shape index (κ1) is 14.7. The lowest BCUT2D eigenvalue weighted by Crippen LogP contribution is -2.15. The third-order valence-electron chi connectivity index (χ3n) is 2.36. The molecule has 0 atom stereocenters. The van der Waals surface area contributed by atoms with Crippen LogP contribution in [-0.2, 0) is 0 Å². The van der Waals surface area contributed by atoms with Crippen LogP contribution in [0.3, 0.4) is 0 Å². The van der Waals surface area contributed by atoms with Gasteiger partial charge in [0.05, 0.1) is 6.42 Å². The number of nitriles is 1.